The molecule has 1 amide bonds. The van der Waals surface area contributed by atoms with Crippen LogP contribution < -0.4 is 10.6 Å². The molecule has 3 nitrogen and oxygen atoms in total. The van der Waals surface area contributed by atoms with Crippen LogP contribution in [0.5, 0.6) is 0 Å². The topological polar surface area (TPSA) is 41.1 Å². The van der Waals surface area contributed by atoms with Crippen LogP contribution in [0, 0.1) is 11.7 Å². The zero-order valence-electron chi connectivity index (χ0n) is 10.7. The molecule has 0 aliphatic rings. The molecule has 0 heterocycles. The minimum absolute atomic E-state index is 0.164. The smallest absolute Gasteiger partial charge is 0.221 e. The molecule has 0 saturated carbocycles. The van der Waals surface area contributed by atoms with Crippen LogP contribution in [0.25, 0.3) is 0 Å². The molecule has 0 saturated heterocycles. The van der Waals surface area contributed by atoms with E-state index in [1.807, 2.05) is 6.92 Å². The van der Waals surface area contributed by atoms with Crippen molar-refractivity contribution < 1.29 is 9.18 Å². The molecule has 0 aliphatic heterocycles. The molecule has 1 aromatic carbocycles. The van der Waals surface area contributed by atoms with E-state index >= 15 is 0 Å². The lowest BCUT2D eigenvalue weighted by molar-refractivity contribution is -0.114. The highest BCUT2D eigenvalue weighted by atomic mass is 19.1. The minimum Gasteiger partial charge on any atom is -0.380 e. The van der Waals surface area contributed by atoms with E-state index in [1.165, 1.54) is 13.0 Å². The van der Waals surface area contributed by atoms with Crippen molar-refractivity contribution in [2.45, 2.75) is 33.7 Å². The van der Waals surface area contributed by atoms with E-state index in [4.69, 9.17) is 0 Å². The number of anilines is 2. The Balaban J connectivity index is 2.86. The number of hydrogen-bond donors (Lipinski definition) is 2. The molecule has 2 N–H and O–H groups in total. The Hall–Kier alpha value is -1.58. The molecule has 4 heteroatoms. The summed E-state index contributed by atoms with van der Waals surface area (Å²) in [6.07, 6.45) is 0. The van der Waals surface area contributed by atoms with Gasteiger partial charge in [0.2, 0.25) is 5.91 Å². The Bertz CT molecular complexity index is 404. The highest BCUT2D eigenvalue weighted by Gasteiger charge is 2.10. The van der Waals surface area contributed by atoms with Gasteiger partial charge < -0.3 is 10.6 Å². The molecule has 1 atom stereocenters. The summed E-state index contributed by atoms with van der Waals surface area (Å²) < 4.78 is 13.6. The van der Waals surface area contributed by atoms with Gasteiger partial charge >= 0.3 is 0 Å². The molecule has 1 unspecified atom stereocenters. The summed E-state index contributed by atoms with van der Waals surface area (Å²) in [6.45, 7) is 7.54. The van der Waals surface area contributed by atoms with E-state index in [-0.39, 0.29) is 17.8 Å². The number of halogens is 1. The quantitative estimate of drug-likeness (QED) is 0.845. The number of amides is 1. The molecule has 0 radical (unpaired) electrons. The van der Waals surface area contributed by atoms with Gasteiger partial charge in [0.1, 0.15) is 5.82 Å². The first-order chi connectivity index (χ1) is 7.90. The fourth-order valence-electron chi connectivity index (χ4n) is 1.33. The Morgan fingerprint density at radius 1 is 1.29 bits per heavy atom. The van der Waals surface area contributed by atoms with Crippen LogP contribution in [0.2, 0.25) is 0 Å². The average Bonchev–Trinajstić information content (AvgIpc) is 2.22. The summed E-state index contributed by atoms with van der Waals surface area (Å²) in [4.78, 5) is 10.9. The zero-order chi connectivity index (χ0) is 13.0. The Morgan fingerprint density at radius 3 is 2.47 bits per heavy atom. The standard InChI is InChI=1S/C13H19FN2O/c1-8(2)9(3)15-13-7-11(16-10(4)17)5-6-12(13)14/h5-9,15H,1-4H3,(H,16,17). The van der Waals surface area contributed by atoms with E-state index in [2.05, 4.69) is 24.5 Å². The van der Waals surface area contributed by atoms with Crippen LogP contribution in [-0.4, -0.2) is 11.9 Å². The van der Waals surface area contributed by atoms with Crippen molar-refractivity contribution in [2.24, 2.45) is 5.92 Å². The van der Waals surface area contributed by atoms with Gasteiger partial charge in [0, 0.05) is 18.7 Å². The van der Waals surface area contributed by atoms with Gasteiger partial charge in [0.05, 0.1) is 5.69 Å². The number of carbonyl (C=O) groups is 1. The van der Waals surface area contributed by atoms with Crippen molar-refractivity contribution in [2.75, 3.05) is 10.6 Å². The predicted octanol–water partition coefficient (Wildman–Crippen LogP) is 3.24. The Kier molecular flexibility index (Phi) is 4.49. The van der Waals surface area contributed by atoms with Crippen molar-refractivity contribution >= 4 is 17.3 Å². The molecule has 0 fully saturated rings. The number of benzene rings is 1. The fourth-order valence-corrected chi connectivity index (χ4v) is 1.33. The monoisotopic (exact) mass is 238 g/mol. The SMILES string of the molecule is CC(=O)Nc1ccc(F)c(NC(C)C(C)C)c1. The number of carbonyl (C=O) groups excluding carboxylic acids is 1. The van der Waals surface area contributed by atoms with Gasteiger partial charge in [-0.2, -0.15) is 0 Å². The summed E-state index contributed by atoms with van der Waals surface area (Å²) in [6, 6.07) is 4.66. The van der Waals surface area contributed by atoms with Crippen LogP contribution in [-0.2, 0) is 4.79 Å². The fraction of sp³-hybridized carbons (Fsp3) is 0.462. The predicted molar refractivity (Wildman–Crippen MR) is 68.6 cm³/mol. The van der Waals surface area contributed by atoms with E-state index in [0.29, 0.717) is 17.3 Å². The molecular weight excluding hydrogens is 219 g/mol. The summed E-state index contributed by atoms with van der Waals surface area (Å²) in [5.41, 5.74) is 1.01. The molecule has 1 aromatic rings. The lowest BCUT2D eigenvalue weighted by atomic mass is 10.1. The number of hydrogen-bond acceptors (Lipinski definition) is 2. The van der Waals surface area contributed by atoms with Crippen LogP contribution in [0.4, 0.5) is 15.8 Å². The lowest BCUT2D eigenvalue weighted by Gasteiger charge is -2.19. The minimum atomic E-state index is -0.313. The second-order valence-electron chi connectivity index (χ2n) is 4.55. The van der Waals surface area contributed by atoms with Gasteiger partial charge in [0.15, 0.2) is 0 Å². The molecule has 17 heavy (non-hydrogen) atoms. The van der Waals surface area contributed by atoms with Gasteiger partial charge in [0.25, 0.3) is 0 Å². The summed E-state index contributed by atoms with van der Waals surface area (Å²) >= 11 is 0. The zero-order valence-corrected chi connectivity index (χ0v) is 10.7. The number of rotatable bonds is 4. The molecule has 0 aliphatic carbocycles. The normalized spacial score (nSPS) is 12.4. The molecule has 1 rings (SSSR count). The van der Waals surface area contributed by atoms with Crippen molar-refractivity contribution in [1.29, 1.82) is 0 Å². The Labute approximate surface area is 101 Å². The van der Waals surface area contributed by atoms with E-state index in [1.54, 1.807) is 12.1 Å². The highest BCUT2D eigenvalue weighted by molar-refractivity contribution is 5.89. The summed E-state index contributed by atoms with van der Waals surface area (Å²) in [7, 11) is 0. The molecule has 0 spiro atoms. The van der Waals surface area contributed by atoms with Crippen LogP contribution in [0.3, 0.4) is 0 Å². The largest absolute Gasteiger partial charge is 0.380 e. The maximum atomic E-state index is 13.6. The summed E-state index contributed by atoms with van der Waals surface area (Å²) in [5.74, 6) is -0.0788. The van der Waals surface area contributed by atoms with Crippen LogP contribution in [0.15, 0.2) is 18.2 Å². The van der Waals surface area contributed by atoms with Gasteiger partial charge in [-0.05, 0) is 31.0 Å². The first-order valence-corrected chi connectivity index (χ1v) is 5.74. The maximum Gasteiger partial charge on any atom is 0.221 e. The van der Waals surface area contributed by atoms with E-state index < -0.39 is 0 Å². The third kappa shape index (κ3) is 4.06. The van der Waals surface area contributed by atoms with Gasteiger partial charge in [-0.25, -0.2) is 4.39 Å². The third-order valence-corrected chi connectivity index (χ3v) is 2.67. The molecule has 0 bridgehead atoms. The second-order valence-corrected chi connectivity index (χ2v) is 4.55. The maximum absolute atomic E-state index is 13.6. The van der Waals surface area contributed by atoms with E-state index in [9.17, 15) is 9.18 Å². The average molecular weight is 238 g/mol. The van der Waals surface area contributed by atoms with Gasteiger partial charge in [-0.15, -0.1) is 0 Å². The first-order valence-electron chi connectivity index (χ1n) is 5.74. The molecule has 94 valence electrons. The van der Waals surface area contributed by atoms with Crippen molar-refractivity contribution in [1.82, 2.24) is 0 Å². The van der Waals surface area contributed by atoms with Crippen molar-refractivity contribution in [3.8, 4) is 0 Å². The highest BCUT2D eigenvalue weighted by Crippen LogP contribution is 2.21. The van der Waals surface area contributed by atoms with Gasteiger partial charge in [-0.1, -0.05) is 13.8 Å². The van der Waals surface area contributed by atoms with Crippen LogP contribution in [0.1, 0.15) is 27.7 Å². The van der Waals surface area contributed by atoms with Crippen molar-refractivity contribution in [3.05, 3.63) is 24.0 Å². The van der Waals surface area contributed by atoms with Crippen LogP contribution >= 0.6 is 0 Å². The lowest BCUT2D eigenvalue weighted by Crippen LogP contribution is -2.22. The summed E-state index contributed by atoms with van der Waals surface area (Å²) in [5, 5.41) is 5.73. The van der Waals surface area contributed by atoms with Crippen molar-refractivity contribution in [3.63, 3.8) is 0 Å². The Morgan fingerprint density at radius 2 is 1.94 bits per heavy atom. The third-order valence-electron chi connectivity index (χ3n) is 2.67. The first kappa shape index (κ1) is 13.5. The number of nitrogens with one attached hydrogen (secondary N) is 2. The van der Waals surface area contributed by atoms with Gasteiger partial charge in [-0.3, -0.25) is 4.79 Å². The van der Waals surface area contributed by atoms with E-state index in [0.717, 1.165) is 0 Å². The molecular formula is C13H19FN2O. The molecule has 0 aromatic heterocycles. The second kappa shape index (κ2) is 5.66.